The highest BCUT2D eigenvalue weighted by Crippen LogP contribution is 2.27. The molecule has 1 aliphatic rings. The summed E-state index contributed by atoms with van der Waals surface area (Å²) in [6.45, 7) is 3.23. The van der Waals surface area contributed by atoms with Gasteiger partial charge in [0.25, 0.3) is 0 Å². The summed E-state index contributed by atoms with van der Waals surface area (Å²) in [6, 6.07) is 8.43. The molecule has 1 saturated carbocycles. The number of hydrogen-bond acceptors (Lipinski definition) is 2. The van der Waals surface area contributed by atoms with E-state index in [-0.39, 0.29) is 0 Å². The summed E-state index contributed by atoms with van der Waals surface area (Å²) in [5.41, 5.74) is 1.29. The molecule has 1 aromatic carbocycles. The summed E-state index contributed by atoms with van der Waals surface area (Å²) in [7, 11) is 1.97. The van der Waals surface area contributed by atoms with Gasteiger partial charge in [0, 0.05) is 6.54 Å². The lowest BCUT2D eigenvalue weighted by atomic mass is 9.89. The fourth-order valence-electron chi connectivity index (χ4n) is 2.61. The summed E-state index contributed by atoms with van der Waals surface area (Å²) in [6.07, 6.45) is 5.50. The van der Waals surface area contributed by atoms with E-state index in [2.05, 4.69) is 36.5 Å². The number of ether oxygens (including phenoxy) is 1. The summed E-state index contributed by atoms with van der Waals surface area (Å²) >= 11 is 0. The second-order valence-corrected chi connectivity index (χ2v) is 5.19. The average Bonchev–Trinajstić information content (AvgIpc) is 2.30. The Labute approximate surface area is 104 Å². The Balaban J connectivity index is 1.95. The zero-order chi connectivity index (χ0) is 12.1. The second-order valence-electron chi connectivity index (χ2n) is 5.19. The van der Waals surface area contributed by atoms with Crippen molar-refractivity contribution < 1.29 is 4.74 Å². The molecule has 0 bridgehead atoms. The van der Waals surface area contributed by atoms with Gasteiger partial charge < -0.3 is 10.1 Å². The maximum absolute atomic E-state index is 6.08. The van der Waals surface area contributed by atoms with Gasteiger partial charge >= 0.3 is 0 Å². The average molecular weight is 233 g/mol. The Bertz CT molecular complexity index is 351. The van der Waals surface area contributed by atoms with Crippen LogP contribution in [0.3, 0.4) is 0 Å². The largest absolute Gasteiger partial charge is 0.490 e. The monoisotopic (exact) mass is 233 g/mol. The molecule has 2 rings (SSSR count). The van der Waals surface area contributed by atoms with Crippen molar-refractivity contribution in [2.45, 2.75) is 45.3 Å². The summed E-state index contributed by atoms with van der Waals surface area (Å²) in [5.74, 6) is 1.84. The van der Waals surface area contributed by atoms with Crippen LogP contribution in [0.25, 0.3) is 0 Å². The van der Waals surface area contributed by atoms with Crippen LogP contribution in [0.15, 0.2) is 24.3 Å². The minimum Gasteiger partial charge on any atom is -0.490 e. The quantitative estimate of drug-likeness (QED) is 0.861. The molecule has 2 unspecified atom stereocenters. The SMILES string of the molecule is CNCc1cccc(OC2CCCC(C)C2)c1. The van der Waals surface area contributed by atoms with E-state index in [4.69, 9.17) is 4.74 Å². The van der Waals surface area contributed by atoms with E-state index in [1.54, 1.807) is 0 Å². The van der Waals surface area contributed by atoms with Crippen molar-refractivity contribution in [3.8, 4) is 5.75 Å². The van der Waals surface area contributed by atoms with Crippen molar-refractivity contribution in [3.63, 3.8) is 0 Å². The van der Waals surface area contributed by atoms with Crippen molar-refractivity contribution in [1.82, 2.24) is 5.32 Å². The standard InChI is InChI=1S/C15H23NO/c1-12-5-3-7-14(9-12)17-15-8-4-6-13(10-15)11-16-2/h4,6,8,10,12,14,16H,3,5,7,9,11H2,1-2H3. The fourth-order valence-corrected chi connectivity index (χ4v) is 2.61. The summed E-state index contributed by atoms with van der Waals surface area (Å²) in [4.78, 5) is 0. The van der Waals surface area contributed by atoms with E-state index in [0.29, 0.717) is 6.10 Å². The van der Waals surface area contributed by atoms with Crippen molar-refractivity contribution in [3.05, 3.63) is 29.8 Å². The third kappa shape index (κ3) is 3.74. The van der Waals surface area contributed by atoms with Crippen molar-refractivity contribution in [1.29, 1.82) is 0 Å². The van der Waals surface area contributed by atoms with Crippen LogP contribution in [0, 0.1) is 5.92 Å². The molecular weight excluding hydrogens is 210 g/mol. The first-order valence-electron chi connectivity index (χ1n) is 6.68. The van der Waals surface area contributed by atoms with Gasteiger partial charge in [0.1, 0.15) is 5.75 Å². The third-order valence-corrected chi connectivity index (χ3v) is 3.47. The zero-order valence-corrected chi connectivity index (χ0v) is 10.9. The molecule has 2 heteroatoms. The van der Waals surface area contributed by atoms with Gasteiger partial charge in [-0.1, -0.05) is 25.5 Å². The molecule has 1 N–H and O–H groups in total. The highest BCUT2D eigenvalue weighted by molar-refractivity contribution is 5.28. The van der Waals surface area contributed by atoms with E-state index in [9.17, 15) is 0 Å². The molecule has 1 aliphatic carbocycles. The van der Waals surface area contributed by atoms with E-state index in [0.717, 1.165) is 18.2 Å². The van der Waals surface area contributed by atoms with Crippen LogP contribution in [0.1, 0.15) is 38.2 Å². The van der Waals surface area contributed by atoms with Crippen molar-refractivity contribution in [2.75, 3.05) is 7.05 Å². The van der Waals surface area contributed by atoms with Gasteiger partial charge in [-0.3, -0.25) is 0 Å². The van der Waals surface area contributed by atoms with Crippen LogP contribution in [0.4, 0.5) is 0 Å². The smallest absolute Gasteiger partial charge is 0.120 e. The molecule has 0 radical (unpaired) electrons. The van der Waals surface area contributed by atoms with Crippen molar-refractivity contribution >= 4 is 0 Å². The molecule has 0 amide bonds. The number of nitrogens with one attached hydrogen (secondary N) is 1. The van der Waals surface area contributed by atoms with Gasteiger partial charge in [-0.15, -0.1) is 0 Å². The number of rotatable bonds is 4. The predicted molar refractivity (Wildman–Crippen MR) is 71.3 cm³/mol. The lowest BCUT2D eigenvalue weighted by Crippen LogP contribution is -2.24. The van der Waals surface area contributed by atoms with Crippen LogP contribution in [0.5, 0.6) is 5.75 Å². The van der Waals surface area contributed by atoms with E-state index in [1.807, 2.05) is 7.05 Å². The van der Waals surface area contributed by atoms with Crippen LogP contribution >= 0.6 is 0 Å². The molecule has 17 heavy (non-hydrogen) atoms. The molecule has 2 atom stereocenters. The van der Waals surface area contributed by atoms with Gasteiger partial charge in [-0.2, -0.15) is 0 Å². The summed E-state index contributed by atoms with van der Waals surface area (Å²) < 4.78 is 6.08. The third-order valence-electron chi connectivity index (χ3n) is 3.47. The minimum absolute atomic E-state index is 0.420. The number of benzene rings is 1. The second kappa shape index (κ2) is 6.06. The first-order chi connectivity index (χ1) is 8.28. The molecule has 1 fully saturated rings. The van der Waals surface area contributed by atoms with E-state index < -0.39 is 0 Å². The molecule has 0 saturated heterocycles. The maximum Gasteiger partial charge on any atom is 0.120 e. The van der Waals surface area contributed by atoms with E-state index >= 15 is 0 Å². The highest BCUT2D eigenvalue weighted by Gasteiger charge is 2.20. The first kappa shape index (κ1) is 12.4. The van der Waals surface area contributed by atoms with Crippen LogP contribution in [-0.2, 0) is 6.54 Å². The Morgan fingerprint density at radius 2 is 2.24 bits per heavy atom. The maximum atomic E-state index is 6.08. The first-order valence-corrected chi connectivity index (χ1v) is 6.68. The lowest BCUT2D eigenvalue weighted by molar-refractivity contribution is 0.129. The molecule has 0 aromatic heterocycles. The molecule has 94 valence electrons. The van der Waals surface area contributed by atoms with Gasteiger partial charge in [0.2, 0.25) is 0 Å². The summed E-state index contributed by atoms with van der Waals surface area (Å²) in [5, 5.41) is 3.17. The van der Waals surface area contributed by atoms with Crippen molar-refractivity contribution in [2.24, 2.45) is 5.92 Å². The Kier molecular flexibility index (Phi) is 4.43. The minimum atomic E-state index is 0.420. The molecule has 1 aromatic rings. The van der Waals surface area contributed by atoms with Crippen LogP contribution < -0.4 is 10.1 Å². The van der Waals surface area contributed by atoms with Gasteiger partial charge in [0.05, 0.1) is 6.10 Å². The predicted octanol–water partition coefficient (Wildman–Crippen LogP) is 3.36. The van der Waals surface area contributed by atoms with Crippen LogP contribution in [0.2, 0.25) is 0 Å². The Morgan fingerprint density at radius 3 is 3.00 bits per heavy atom. The lowest BCUT2D eigenvalue weighted by Gasteiger charge is -2.27. The molecule has 0 heterocycles. The Hall–Kier alpha value is -1.02. The van der Waals surface area contributed by atoms with Gasteiger partial charge in [-0.25, -0.2) is 0 Å². The Morgan fingerprint density at radius 1 is 1.35 bits per heavy atom. The van der Waals surface area contributed by atoms with Crippen LogP contribution in [-0.4, -0.2) is 13.2 Å². The molecular formula is C15H23NO. The van der Waals surface area contributed by atoms with Gasteiger partial charge in [0.15, 0.2) is 0 Å². The van der Waals surface area contributed by atoms with Gasteiger partial charge in [-0.05, 0) is 49.9 Å². The normalized spacial score (nSPS) is 24.6. The number of hydrogen-bond donors (Lipinski definition) is 1. The molecule has 0 spiro atoms. The molecule has 0 aliphatic heterocycles. The zero-order valence-electron chi connectivity index (χ0n) is 10.9. The fraction of sp³-hybridized carbons (Fsp3) is 0.600. The van der Waals surface area contributed by atoms with E-state index in [1.165, 1.54) is 31.2 Å². The highest BCUT2D eigenvalue weighted by atomic mass is 16.5. The topological polar surface area (TPSA) is 21.3 Å². The molecule has 2 nitrogen and oxygen atoms in total.